The van der Waals surface area contributed by atoms with Gasteiger partial charge in [-0.1, -0.05) is 22.0 Å². The average Bonchev–Trinajstić information content (AvgIpc) is 3.25. The molecule has 2 heterocycles. The van der Waals surface area contributed by atoms with Crippen molar-refractivity contribution in [1.29, 1.82) is 0 Å². The number of likely N-dealkylation sites (N-methyl/N-ethyl adjacent to an activating group) is 1. The minimum absolute atomic E-state index is 0.289. The molecule has 32 heavy (non-hydrogen) atoms. The number of urea groups is 1. The van der Waals surface area contributed by atoms with Crippen molar-refractivity contribution in [3.8, 4) is 5.75 Å². The highest BCUT2D eigenvalue weighted by Crippen LogP contribution is 2.41. The lowest BCUT2D eigenvalue weighted by atomic mass is 9.94. The molecule has 2 aliphatic heterocycles. The van der Waals surface area contributed by atoms with Gasteiger partial charge in [0.2, 0.25) is 0 Å². The Hall–Kier alpha value is -2.62. The van der Waals surface area contributed by atoms with Gasteiger partial charge in [-0.05, 0) is 37.3 Å². The first-order chi connectivity index (χ1) is 15.4. The second kappa shape index (κ2) is 9.09. The summed E-state index contributed by atoms with van der Waals surface area (Å²) >= 11 is 3.42. The molecule has 2 aromatic rings. The maximum atomic E-state index is 13.6. The van der Waals surface area contributed by atoms with Crippen molar-refractivity contribution in [2.45, 2.75) is 31.5 Å². The van der Waals surface area contributed by atoms with Crippen molar-refractivity contribution < 1.29 is 24.3 Å². The lowest BCUT2D eigenvalue weighted by Gasteiger charge is -2.43. The molecule has 0 aromatic heterocycles. The molecule has 2 aliphatic rings. The van der Waals surface area contributed by atoms with Gasteiger partial charge in [-0.25, -0.2) is 4.79 Å². The number of nitrogens with zero attached hydrogens (tertiary/aromatic N) is 1. The number of nitrogens with one attached hydrogen (secondary N) is 3. The zero-order valence-electron chi connectivity index (χ0n) is 18.2. The van der Waals surface area contributed by atoms with Crippen LogP contribution in [0, 0.1) is 0 Å². The summed E-state index contributed by atoms with van der Waals surface area (Å²) in [5.74, 6) is -0.136. The number of quaternary nitrogens is 1. The van der Waals surface area contributed by atoms with Gasteiger partial charge in [0.25, 0.3) is 11.6 Å². The first-order valence-corrected chi connectivity index (χ1v) is 11.6. The summed E-state index contributed by atoms with van der Waals surface area (Å²) in [4.78, 5) is 29.2. The van der Waals surface area contributed by atoms with Crippen molar-refractivity contribution >= 4 is 39.2 Å². The summed E-state index contributed by atoms with van der Waals surface area (Å²) in [5, 5.41) is 17.7. The number of benzene rings is 2. The number of halogens is 1. The number of carbonyl (C=O) groups excluding carboxylic acids is 2. The van der Waals surface area contributed by atoms with E-state index in [9.17, 15) is 14.7 Å². The van der Waals surface area contributed by atoms with E-state index in [-0.39, 0.29) is 11.6 Å². The molecule has 3 unspecified atom stereocenters. The molecule has 8 nitrogen and oxygen atoms in total. The number of ether oxygens (including phenoxy) is 1. The number of fused-ring (bicyclic) bond motifs is 1. The van der Waals surface area contributed by atoms with Crippen LogP contribution in [0.1, 0.15) is 25.3 Å². The second-order valence-corrected chi connectivity index (χ2v) is 9.06. The summed E-state index contributed by atoms with van der Waals surface area (Å²) in [7, 11) is 1.52. The molecule has 0 saturated carbocycles. The Kier molecular flexibility index (Phi) is 6.41. The first-order valence-electron chi connectivity index (χ1n) is 10.8. The van der Waals surface area contributed by atoms with Crippen LogP contribution in [0.4, 0.5) is 16.2 Å². The molecule has 4 N–H and O–H groups in total. The largest absolute Gasteiger partial charge is 0.497 e. The Balaban J connectivity index is 1.74. The van der Waals surface area contributed by atoms with Gasteiger partial charge in [-0.3, -0.25) is 9.69 Å². The lowest BCUT2D eigenvalue weighted by molar-refractivity contribution is -0.909. The van der Waals surface area contributed by atoms with Gasteiger partial charge in [-0.2, -0.15) is 0 Å². The fourth-order valence-electron chi connectivity index (χ4n) is 4.66. The van der Waals surface area contributed by atoms with Crippen LogP contribution in [0.3, 0.4) is 0 Å². The van der Waals surface area contributed by atoms with Crippen LogP contribution in [0.5, 0.6) is 5.75 Å². The van der Waals surface area contributed by atoms with E-state index in [0.29, 0.717) is 28.1 Å². The van der Waals surface area contributed by atoms with Crippen molar-refractivity contribution in [1.82, 2.24) is 5.32 Å². The van der Waals surface area contributed by atoms with Crippen LogP contribution in [0.25, 0.3) is 0 Å². The quantitative estimate of drug-likeness (QED) is 0.483. The predicted molar refractivity (Wildman–Crippen MR) is 125 cm³/mol. The SMILES string of the molecule is CC[NH+]1CCCC1CNC(=O)C1(O)c2cc(Br)ccc2NC(=O)N1c1cccc(OC)c1. The molecule has 0 bridgehead atoms. The fraction of sp³-hybridized carbons (Fsp3) is 0.391. The molecule has 0 spiro atoms. The zero-order valence-corrected chi connectivity index (χ0v) is 19.7. The Morgan fingerprint density at radius 2 is 2.19 bits per heavy atom. The van der Waals surface area contributed by atoms with E-state index in [0.717, 1.165) is 30.8 Å². The van der Waals surface area contributed by atoms with Crippen molar-refractivity contribution in [2.75, 3.05) is 37.0 Å². The third-order valence-corrected chi connectivity index (χ3v) is 6.84. The topological polar surface area (TPSA) is 95.3 Å². The fourth-order valence-corrected chi connectivity index (χ4v) is 5.03. The van der Waals surface area contributed by atoms with E-state index >= 15 is 0 Å². The zero-order chi connectivity index (χ0) is 22.9. The number of hydrogen-bond acceptors (Lipinski definition) is 4. The molecule has 170 valence electrons. The minimum atomic E-state index is -2.24. The number of likely N-dealkylation sites (tertiary alicyclic amines) is 1. The van der Waals surface area contributed by atoms with E-state index in [1.54, 1.807) is 42.5 Å². The van der Waals surface area contributed by atoms with Crippen molar-refractivity contribution in [3.05, 3.63) is 52.5 Å². The highest BCUT2D eigenvalue weighted by molar-refractivity contribution is 9.10. The number of rotatable bonds is 6. The smallest absolute Gasteiger partial charge is 0.329 e. The molecule has 0 aliphatic carbocycles. The monoisotopic (exact) mass is 503 g/mol. The van der Waals surface area contributed by atoms with Crippen LogP contribution < -0.4 is 25.2 Å². The van der Waals surface area contributed by atoms with E-state index in [2.05, 4.69) is 33.5 Å². The van der Waals surface area contributed by atoms with Gasteiger partial charge in [0.1, 0.15) is 11.8 Å². The summed E-state index contributed by atoms with van der Waals surface area (Å²) in [6, 6.07) is 11.5. The molecule has 3 amide bonds. The van der Waals surface area contributed by atoms with Crippen molar-refractivity contribution in [3.63, 3.8) is 0 Å². The van der Waals surface area contributed by atoms with Gasteiger partial charge in [0.05, 0.1) is 38.1 Å². The highest BCUT2D eigenvalue weighted by Gasteiger charge is 2.52. The maximum absolute atomic E-state index is 13.6. The summed E-state index contributed by atoms with van der Waals surface area (Å²) < 4.78 is 5.97. The third kappa shape index (κ3) is 3.96. The summed E-state index contributed by atoms with van der Waals surface area (Å²) in [5.41, 5.74) is -1.22. The lowest BCUT2D eigenvalue weighted by Crippen LogP contribution is -3.14. The number of anilines is 2. The normalized spacial score (nSPS) is 24.6. The number of hydrogen-bond donors (Lipinski definition) is 4. The van der Waals surface area contributed by atoms with Gasteiger partial charge < -0.3 is 25.4 Å². The first kappa shape index (κ1) is 22.6. The Morgan fingerprint density at radius 1 is 1.38 bits per heavy atom. The molecule has 9 heteroatoms. The number of aliphatic hydroxyl groups is 1. The molecule has 4 rings (SSSR count). The van der Waals surface area contributed by atoms with Crippen LogP contribution in [0.15, 0.2) is 46.9 Å². The average molecular weight is 504 g/mol. The van der Waals surface area contributed by atoms with Crippen LogP contribution in [-0.2, 0) is 10.5 Å². The van der Waals surface area contributed by atoms with E-state index < -0.39 is 17.7 Å². The van der Waals surface area contributed by atoms with Crippen LogP contribution in [0.2, 0.25) is 0 Å². The van der Waals surface area contributed by atoms with Gasteiger partial charge in [-0.15, -0.1) is 0 Å². The molecule has 1 saturated heterocycles. The molecule has 3 atom stereocenters. The van der Waals surface area contributed by atoms with Crippen LogP contribution >= 0.6 is 15.9 Å². The number of methoxy groups -OCH3 is 1. The maximum Gasteiger partial charge on any atom is 0.329 e. The molecule has 1 fully saturated rings. The van der Waals surface area contributed by atoms with E-state index in [1.165, 1.54) is 12.0 Å². The van der Waals surface area contributed by atoms with Crippen LogP contribution in [-0.4, -0.2) is 49.8 Å². The third-order valence-electron chi connectivity index (χ3n) is 6.34. The Bertz CT molecular complexity index is 1030. The molecule has 2 aromatic carbocycles. The standard InChI is InChI=1S/C23H27BrN4O4/c1-3-27-11-5-7-17(27)14-25-21(29)23(31)19-12-15(24)9-10-20(19)26-22(30)28(23)16-6-4-8-18(13-16)32-2/h4,6,8-10,12-13,17,31H,3,5,7,11,14H2,1-2H3,(H,25,29)(H,26,30)/p+1. The summed E-state index contributed by atoms with van der Waals surface area (Å²) in [6.45, 7) is 4.63. The Labute approximate surface area is 195 Å². The molecular weight excluding hydrogens is 476 g/mol. The van der Waals surface area contributed by atoms with Crippen molar-refractivity contribution in [2.24, 2.45) is 0 Å². The Morgan fingerprint density at radius 3 is 2.94 bits per heavy atom. The minimum Gasteiger partial charge on any atom is -0.497 e. The van der Waals surface area contributed by atoms with Gasteiger partial charge in [0, 0.05) is 28.9 Å². The predicted octanol–water partition coefficient (Wildman–Crippen LogP) is 1.84. The number of amides is 3. The van der Waals surface area contributed by atoms with E-state index in [4.69, 9.17) is 4.74 Å². The molecular formula is C23H28BrN4O4+. The number of carbonyl (C=O) groups is 2. The van der Waals surface area contributed by atoms with Gasteiger partial charge in [0.15, 0.2) is 0 Å². The highest BCUT2D eigenvalue weighted by atomic mass is 79.9. The van der Waals surface area contributed by atoms with Gasteiger partial charge >= 0.3 is 6.03 Å². The van der Waals surface area contributed by atoms with E-state index in [1.807, 2.05) is 0 Å². The molecule has 0 radical (unpaired) electrons. The summed E-state index contributed by atoms with van der Waals surface area (Å²) in [6.07, 6.45) is 2.13. The second-order valence-electron chi connectivity index (χ2n) is 8.14.